The molecule has 1 aromatic heterocycles. The van der Waals surface area contributed by atoms with E-state index < -0.39 is 10.0 Å². The number of para-hydroxylation sites is 2. The van der Waals surface area contributed by atoms with Crippen LogP contribution in [0, 0.1) is 0 Å². The summed E-state index contributed by atoms with van der Waals surface area (Å²) < 4.78 is 35.3. The van der Waals surface area contributed by atoms with Gasteiger partial charge in [0.15, 0.2) is 0 Å². The summed E-state index contributed by atoms with van der Waals surface area (Å²) in [6, 6.07) is 18.0. The third kappa shape index (κ3) is 5.42. The molecule has 2 aromatic carbocycles. The minimum absolute atomic E-state index is 0.00774. The molecule has 1 atom stereocenters. The predicted molar refractivity (Wildman–Crippen MR) is 113 cm³/mol. The molecule has 4 rings (SSSR count). The summed E-state index contributed by atoms with van der Waals surface area (Å²) in [4.78, 5) is 6.60. The van der Waals surface area contributed by atoms with Gasteiger partial charge in [0.1, 0.15) is 0 Å². The Balaban J connectivity index is 1.27. The van der Waals surface area contributed by atoms with Gasteiger partial charge >= 0.3 is 0 Å². The molecular weight excluding hydrogens is 388 g/mol. The molecular formula is C21H26N4O3S. The van der Waals surface area contributed by atoms with Gasteiger partial charge in [-0.2, -0.15) is 0 Å². The highest BCUT2D eigenvalue weighted by Crippen LogP contribution is 2.12. The van der Waals surface area contributed by atoms with E-state index in [4.69, 9.17) is 4.74 Å². The van der Waals surface area contributed by atoms with E-state index in [0.717, 1.165) is 24.1 Å². The van der Waals surface area contributed by atoms with Crippen LogP contribution in [0.15, 0.2) is 60.9 Å². The van der Waals surface area contributed by atoms with Gasteiger partial charge in [0.25, 0.3) is 0 Å². The largest absolute Gasteiger partial charge is 0.374 e. The number of ether oxygens (including phenoxy) is 1. The Morgan fingerprint density at radius 1 is 1.10 bits per heavy atom. The molecule has 1 saturated heterocycles. The first kappa shape index (κ1) is 20.0. The lowest BCUT2D eigenvalue weighted by Gasteiger charge is -2.33. The van der Waals surface area contributed by atoms with Crippen molar-refractivity contribution in [3.05, 3.63) is 66.5 Å². The van der Waals surface area contributed by atoms with Crippen molar-refractivity contribution >= 4 is 21.1 Å². The molecule has 29 heavy (non-hydrogen) atoms. The monoisotopic (exact) mass is 414 g/mol. The molecule has 1 aliphatic rings. The molecule has 7 nitrogen and oxygen atoms in total. The van der Waals surface area contributed by atoms with Gasteiger partial charge in [-0.25, -0.2) is 18.1 Å². The highest BCUT2D eigenvalue weighted by molar-refractivity contribution is 7.89. The normalized spacial score (nSPS) is 18.3. The van der Waals surface area contributed by atoms with Crippen LogP contribution in [0.2, 0.25) is 0 Å². The molecule has 1 aliphatic heterocycles. The van der Waals surface area contributed by atoms with Crippen molar-refractivity contribution < 1.29 is 13.2 Å². The fraction of sp³-hybridized carbons (Fsp3) is 0.381. The summed E-state index contributed by atoms with van der Waals surface area (Å²) in [6.45, 7) is 3.68. The first-order valence-corrected chi connectivity index (χ1v) is 11.5. The summed E-state index contributed by atoms with van der Waals surface area (Å²) in [7, 11) is -3.40. The number of sulfonamides is 1. The maximum atomic E-state index is 12.5. The van der Waals surface area contributed by atoms with Crippen LogP contribution in [0.5, 0.6) is 0 Å². The molecule has 0 saturated carbocycles. The minimum atomic E-state index is -3.40. The van der Waals surface area contributed by atoms with Crippen molar-refractivity contribution in [1.29, 1.82) is 0 Å². The third-order valence-electron chi connectivity index (χ3n) is 5.13. The van der Waals surface area contributed by atoms with Gasteiger partial charge in [-0.05, 0) is 17.7 Å². The van der Waals surface area contributed by atoms with Gasteiger partial charge in [-0.15, -0.1) is 0 Å². The Bertz CT molecular complexity index is 1040. The Morgan fingerprint density at radius 3 is 2.76 bits per heavy atom. The van der Waals surface area contributed by atoms with Gasteiger partial charge < -0.3 is 9.30 Å². The third-order valence-corrected chi connectivity index (χ3v) is 6.46. The Morgan fingerprint density at radius 2 is 1.90 bits per heavy atom. The number of morpholine rings is 1. The number of aryl methyl sites for hydroxylation is 1. The van der Waals surface area contributed by atoms with Crippen LogP contribution in [0.25, 0.3) is 11.0 Å². The van der Waals surface area contributed by atoms with Crippen LogP contribution >= 0.6 is 0 Å². The molecule has 0 unspecified atom stereocenters. The number of fused-ring (bicyclic) bond motifs is 1. The molecule has 0 radical (unpaired) electrons. The second-order valence-electron chi connectivity index (χ2n) is 7.31. The van der Waals surface area contributed by atoms with Crippen LogP contribution in [0.3, 0.4) is 0 Å². The summed E-state index contributed by atoms with van der Waals surface area (Å²) >= 11 is 0. The summed E-state index contributed by atoms with van der Waals surface area (Å²) in [6.07, 6.45) is 1.54. The standard InChI is InChI=1S/C21H26N4O3S/c26-29(27,13-11-25-17-22-20-8-4-5-9-21(20)25)23-14-19-16-24(10-12-28-19)15-18-6-2-1-3-7-18/h1-9,17,19,23H,10-16H2/t19-/m1/s1. The fourth-order valence-electron chi connectivity index (χ4n) is 3.59. The number of hydrogen-bond acceptors (Lipinski definition) is 5. The van der Waals surface area contributed by atoms with Crippen LogP contribution in [0.1, 0.15) is 5.56 Å². The quantitative estimate of drug-likeness (QED) is 0.609. The van der Waals surface area contributed by atoms with E-state index >= 15 is 0 Å². The van der Waals surface area contributed by atoms with Crippen LogP contribution in [-0.2, 0) is 27.8 Å². The number of benzene rings is 2. The average molecular weight is 415 g/mol. The highest BCUT2D eigenvalue weighted by atomic mass is 32.2. The maximum Gasteiger partial charge on any atom is 0.213 e. The zero-order valence-corrected chi connectivity index (χ0v) is 17.1. The Labute approximate surface area is 171 Å². The first-order valence-electron chi connectivity index (χ1n) is 9.84. The average Bonchev–Trinajstić information content (AvgIpc) is 3.15. The minimum Gasteiger partial charge on any atom is -0.374 e. The van der Waals surface area contributed by atoms with E-state index in [1.54, 1.807) is 6.33 Å². The number of imidazole rings is 1. The van der Waals surface area contributed by atoms with Crippen molar-refractivity contribution in [2.75, 3.05) is 32.0 Å². The smallest absolute Gasteiger partial charge is 0.213 e. The van der Waals surface area contributed by atoms with Crippen LogP contribution < -0.4 is 4.72 Å². The van der Waals surface area contributed by atoms with Gasteiger partial charge in [0.05, 0.1) is 35.8 Å². The summed E-state index contributed by atoms with van der Waals surface area (Å²) in [5, 5.41) is 0. The lowest BCUT2D eigenvalue weighted by atomic mass is 10.2. The molecule has 0 bridgehead atoms. The first-order chi connectivity index (χ1) is 14.1. The lowest BCUT2D eigenvalue weighted by Crippen LogP contribution is -2.47. The fourth-order valence-corrected chi connectivity index (χ4v) is 4.61. The molecule has 1 N–H and O–H groups in total. The second-order valence-corrected chi connectivity index (χ2v) is 9.23. The molecule has 1 fully saturated rings. The van der Waals surface area contributed by atoms with E-state index in [2.05, 4.69) is 26.7 Å². The summed E-state index contributed by atoms with van der Waals surface area (Å²) in [5.41, 5.74) is 3.06. The van der Waals surface area contributed by atoms with E-state index in [9.17, 15) is 8.42 Å². The van der Waals surface area contributed by atoms with Gasteiger partial charge in [-0.1, -0.05) is 42.5 Å². The van der Waals surface area contributed by atoms with Crippen LogP contribution in [0.4, 0.5) is 0 Å². The SMILES string of the molecule is O=S(=O)(CCn1cnc2ccccc21)NC[C@@H]1CN(Cc2ccccc2)CCO1. The van der Waals surface area contributed by atoms with Crippen molar-refractivity contribution in [2.45, 2.75) is 19.2 Å². The number of rotatable bonds is 8. The Hall–Kier alpha value is -2.26. The predicted octanol–water partition coefficient (Wildman–Crippen LogP) is 1.86. The maximum absolute atomic E-state index is 12.5. The molecule has 2 heterocycles. The zero-order valence-electron chi connectivity index (χ0n) is 16.3. The van der Waals surface area contributed by atoms with Gasteiger partial charge in [-0.3, -0.25) is 4.90 Å². The zero-order chi connectivity index (χ0) is 20.1. The van der Waals surface area contributed by atoms with Crippen molar-refractivity contribution in [1.82, 2.24) is 19.2 Å². The molecule has 0 spiro atoms. The van der Waals surface area contributed by atoms with E-state index in [1.807, 2.05) is 47.0 Å². The highest BCUT2D eigenvalue weighted by Gasteiger charge is 2.22. The molecule has 0 aliphatic carbocycles. The molecule has 154 valence electrons. The van der Waals surface area contributed by atoms with E-state index in [1.165, 1.54) is 5.56 Å². The molecule has 3 aromatic rings. The topological polar surface area (TPSA) is 76.5 Å². The number of hydrogen-bond donors (Lipinski definition) is 1. The lowest BCUT2D eigenvalue weighted by molar-refractivity contribution is -0.0276. The van der Waals surface area contributed by atoms with Gasteiger partial charge in [0, 0.05) is 32.7 Å². The number of nitrogens with zero attached hydrogens (tertiary/aromatic N) is 3. The van der Waals surface area contributed by atoms with Crippen molar-refractivity contribution in [3.63, 3.8) is 0 Å². The second kappa shape index (κ2) is 9.04. The number of nitrogens with one attached hydrogen (secondary N) is 1. The summed E-state index contributed by atoms with van der Waals surface area (Å²) in [5.74, 6) is 0.00774. The van der Waals surface area contributed by atoms with E-state index in [-0.39, 0.29) is 18.4 Å². The van der Waals surface area contributed by atoms with Crippen molar-refractivity contribution in [3.8, 4) is 0 Å². The molecule has 8 heteroatoms. The molecule has 0 amide bonds. The van der Waals surface area contributed by atoms with Gasteiger partial charge in [0.2, 0.25) is 10.0 Å². The number of aromatic nitrogens is 2. The van der Waals surface area contributed by atoms with Crippen LogP contribution in [-0.4, -0.2) is 61.0 Å². The Kier molecular flexibility index (Phi) is 6.25. The van der Waals surface area contributed by atoms with Crippen molar-refractivity contribution in [2.24, 2.45) is 0 Å². The van der Waals surface area contributed by atoms with E-state index in [0.29, 0.717) is 19.7 Å².